The molecule has 0 heterocycles. The maximum absolute atomic E-state index is 12.3. The molecule has 5 nitrogen and oxygen atoms in total. The molecule has 0 amide bonds. The highest BCUT2D eigenvalue weighted by atomic mass is 16.5. The second-order valence-corrected chi connectivity index (χ2v) is 11.8. The molecule has 0 aromatic heterocycles. The highest BCUT2D eigenvalue weighted by molar-refractivity contribution is 5.79. The quantitative estimate of drug-likeness (QED) is 0.399. The Labute approximate surface area is 193 Å². The van der Waals surface area contributed by atoms with Gasteiger partial charge in [-0.15, -0.1) is 0 Å². The number of ether oxygens (including phenoxy) is 2. The molecule has 0 N–H and O–H groups in total. The van der Waals surface area contributed by atoms with Crippen molar-refractivity contribution in [3.05, 3.63) is 0 Å². The van der Waals surface area contributed by atoms with Crippen molar-refractivity contribution in [3.63, 3.8) is 0 Å². The van der Waals surface area contributed by atoms with Gasteiger partial charge < -0.3 is 9.47 Å². The standard InChI is InChI=1S/C27H42O5/c1-17(28)22-9-10-23-21-8-7-19-16-20(32-25(30)6-5-15-31-18(2)29)11-13-26(19,3)24(21)12-14-27(22,23)4/h19-24H,5-16H2,1-4H3/t19-,20+,21-,22+,23-,24-,26-,27+/m0/s1. The van der Waals surface area contributed by atoms with Crippen molar-refractivity contribution in [1.82, 2.24) is 0 Å². The average molecular weight is 447 g/mol. The Bertz CT molecular complexity index is 746. The Kier molecular flexibility index (Phi) is 6.76. The Morgan fingerprint density at radius 3 is 2.31 bits per heavy atom. The number of hydrogen-bond acceptors (Lipinski definition) is 5. The summed E-state index contributed by atoms with van der Waals surface area (Å²) in [4.78, 5) is 35.5. The molecule has 0 aromatic carbocycles. The summed E-state index contributed by atoms with van der Waals surface area (Å²) in [5.41, 5.74) is 0.561. The third kappa shape index (κ3) is 4.25. The number of rotatable bonds is 6. The van der Waals surface area contributed by atoms with Gasteiger partial charge in [-0.05, 0) is 106 Å². The number of ketones is 1. The van der Waals surface area contributed by atoms with Gasteiger partial charge in [-0.25, -0.2) is 0 Å². The third-order valence-electron chi connectivity index (χ3n) is 10.2. The fourth-order valence-corrected chi connectivity index (χ4v) is 8.67. The monoisotopic (exact) mass is 446 g/mol. The summed E-state index contributed by atoms with van der Waals surface area (Å²) in [5, 5.41) is 0. The van der Waals surface area contributed by atoms with Crippen molar-refractivity contribution in [2.45, 2.75) is 104 Å². The molecule has 4 fully saturated rings. The molecule has 32 heavy (non-hydrogen) atoms. The van der Waals surface area contributed by atoms with E-state index >= 15 is 0 Å². The predicted octanol–water partition coefficient (Wildman–Crippen LogP) is 5.49. The number of esters is 2. The number of fused-ring (bicyclic) bond motifs is 5. The van der Waals surface area contributed by atoms with Crippen LogP contribution in [0, 0.1) is 40.4 Å². The smallest absolute Gasteiger partial charge is 0.306 e. The van der Waals surface area contributed by atoms with Crippen LogP contribution in [0.3, 0.4) is 0 Å². The third-order valence-corrected chi connectivity index (χ3v) is 10.2. The van der Waals surface area contributed by atoms with Crippen LogP contribution in [0.1, 0.15) is 98.3 Å². The van der Waals surface area contributed by atoms with Crippen molar-refractivity contribution >= 4 is 17.7 Å². The number of carbonyl (C=O) groups is 3. The lowest BCUT2D eigenvalue weighted by Crippen LogP contribution is -2.54. The Balaban J connectivity index is 1.34. The minimum atomic E-state index is -0.307. The van der Waals surface area contributed by atoms with Crippen molar-refractivity contribution in [2.75, 3.05) is 6.61 Å². The molecule has 0 bridgehead atoms. The van der Waals surface area contributed by atoms with Crippen LogP contribution >= 0.6 is 0 Å². The first-order valence-corrected chi connectivity index (χ1v) is 13.0. The first-order valence-electron chi connectivity index (χ1n) is 13.0. The van der Waals surface area contributed by atoms with Crippen LogP contribution in [0.2, 0.25) is 0 Å². The fourth-order valence-electron chi connectivity index (χ4n) is 8.67. The van der Waals surface area contributed by atoms with E-state index < -0.39 is 0 Å². The minimum absolute atomic E-state index is 0.0354. The summed E-state index contributed by atoms with van der Waals surface area (Å²) in [7, 11) is 0. The van der Waals surface area contributed by atoms with Crippen LogP contribution in [0.5, 0.6) is 0 Å². The number of hydrogen-bond donors (Lipinski definition) is 0. The molecule has 4 saturated carbocycles. The Hall–Kier alpha value is -1.39. The maximum Gasteiger partial charge on any atom is 0.306 e. The van der Waals surface area contributed by atoms with E-state index in [2.05, 4.69) is 13.8 Å². The summed E-state index contributed by atoms with van der Waals surface area (Å²) in [6.07, 6.45) is 11.3. The molecule has 0 unspecified atom stereocenters. The molecule has 4 aliphatic carbocycles. The van der Waals surface area contributed by atoms with Gasteiger partial charge in [-0.3, -0.25) is 14.4 Å². The second kappa shape index (κ2) is 9.10. The molecule has 0 aliphatic heterocycles. The van der Waals surface area contributed by atoms with Gasteiger partial charge in [0.25, 0.3) is 0 Å². The van der Waals surface area contributed by atoms with E-state index in [4.69, 9.17) is 9.47 Å². The summed E-state index contributed by atoms with van der Waals surface area (Å²) in [6.45, 7) is 8.41. The van der Waals surface area contributed by atoms with E-state index in [1.807, 2.05) is 6.92 Å². The van der Waals surface area contributed by atoms with E-state index in [0.717, 1.165) is 37.5 Å². The van der Waals surface area contributed by atoms with Crippen LogP contribution in [0.4, 0.5) is 0 Å². The topological polar surface area (TPSA) is 69.7 Å². The van der Waals surface area contributed by atoms with Crippen LogP contribution in [0.25, 0.3) is 0 Å². The second-order valence-electron chi connectivity index (χ2n) is 11.8. The fraction of sp³-hybridized carbons (Fsp3) is 0.889. The Morgan fingerprint density at radius 1 is 0.875 bits per heavy atom. The molecular formula is C27H42O5. The van der Waals surface area contributed by atoms with E-state index in [9.17, 15) is 14.4 Å². The molecule has 4 aliphatic rings. The van der Waals surface area contributed by atoms with Crippen molar-refractivity contribution in [3.8, 4) is 0 Å². The predicted molar refractivity (Wildman–Crippen MR) is 122 cm³/mol. The molecule has 0 radical (unpaired) electrons. The number of carbonyl (C=O) groups excluding carboxylic acids is 3. The largest absolute Gasteiger partial charge is 0.466 e. The van der Waals surface area contributed by atoms with Gasteiger partial charge >= 0.3 is 11.9 Å². The summed E-state index contributed by atoms with van der Waals surface area (Å²) >= 11 is 0. The Morgan fingerprint density at radius 2 is 1.59 bits per heavy atom. The minimum Gasteiger partial charge on any atom is -0.466 e. The van der Waals surface area contributed by atoms with Gasteiger partial charge in [0.1, 0.15) is 11.9 Å². The summed E-state index contributed by atoms with van der Waals surface area (Å²) < 4.78 is 10.7. The van der Waals surface area contributed by atoms with Crippen LogP contribution in [-0.2, 0) is 23.9 Å². The van der Waals surface area contributed by atoms with Gasteiger partial charge in [0, 0.05) is 19.3 Å². The van der Waals surface area contributed by atoms with Crippen molar-refractivity contribution < 1.29 is 23.9 Å². The van der Waals surface area contributed by atoms with Gasteiger partial charge in [-0.2, -0.15) is 0 Å². The molecule has 8 atom stereocenters. The molecule has 0 saturated heterocycles. The highest BCUT2D eigenvalue weighted by Gasteiger charge is 2.60. The zero-order chi connectivity index (χ0) is 23.1. The van der Waals surface area contributed by atoms with Gasteiger partial charge in [-0.1, -0.05) is 13.8 Å². The van der Waals surface area contributed by atoms with E-state index in [1.165, 1.54) is 39.0 Å². The first kappa shape index (κ1) is 23.8. The molecule has 0 aromatic rings. The van der Waals surface area contributed by atoms with Crippen LogP contribution < -0.4 is 0 Å². The van der Waals surface area contributed by atoms with Gasteiger partial charge in [0.05, 0.1) is 6.61 Å². The van der Waals surface area contributed by atoms with Crippen molar-refractivity contribution in [2.24, 2.45) is 40.4 Å². The lowest BCUT2D eigenvalue weighted by molar-refractivity contribution is -0.163. The summed E-state index contributed by atoms with van der Waals surface area (Å²) in [6, 6.07) is 0. The average Bonchev–Trinajstić information content (AvgIpc) is 3.09. The molecule has 0 spiro atoms. The molecule has 5 heteroatoms. The maximum atomic E-state index is 12.3. The van der Waals surface area contributed by atoms with Crippen molar-refractivity contribution in [1.29, 1.82) is 0 Å². The van der Waals surface area contributed by atoms with Gasteiger partial charge in [0.2, 0.25) is 0 Å². The first-order chi connectivity index (χ1) is 15.1. The number of Topliss-reactive ketones (excluding diaryl/α,β-unsaturated/α-hetero) is 1. The molecular weight excluding hydrogens is 404 g/mol. The zero-order valence-corrected chi connectivity index (χ0v) is 20.5. The lowest BCUT2D eigenvalue weighted by Gasteiger charge is -2.61. The van der Waals surface area contributed by atoms with Gasteiger partial charge in [0.15, 0.2) is 0 Å². The SMILES string of the molecule is CC(=O)OCCCC(=O)O[C@@H]1CC[C@@]2(C)[C@@H](CC[C@@H]3[C@@H]2CC[C@]2(C)[C@@H](C(C)=O)CC[C@@H]32)C1. The van der Waals surface area contributed by atoms with E-state index in [-0.39, 0.29) is 36.0 Å². The molecule has 180 valence electrons. The van der Waals surface area contributed by atoms with E-state index in [1.54, 1.807) is 0 Å². The zero-order valence-electron chi connectivity index (χ0n) is 20.5. The normalized spacial score (nSPS) is 42.9. The highest BCUT2D eigenvalue weighted by Crippen LogP contribution is 2.67. The lowest BCUT2D eigenvalue weighted by atomic mass is 9.44. The van der Waals surface area contributed by atoms with E-state index in [0.29, 0.717) is 35.9 Å². The summed E-state index contributed by atoms with van der Waals surface area (Å²) in [5.74, 6) is 3.07. The molecule has 4 rings (SSSR count). The van der Waals surface area contributed by atoms with Crippen LogP contribution in [0.15, 0.2) is 0 Å². The van der Waals surface area contributed by atoms with Crippen LogP contribution in [-0.4, -0.2) is 30.4 Å².